The van der Waals surface area contributed by atoms with E-state index in [1.807, 2.05) is 7.05 Å². The van der Waals surface area contributed by atoms with E-state index < -0.39 is 0 Å². The number of benzene rings is 1. The number of imidazole rings is 1. The van der Waals surface area contributed by atoms with Crippen molar-refractivity contribution in [2.45, 2.75) is 12.5 Å². The van der Waals surface area contributed by atoms with Crippen LogP contribution in [0.2, 0.25) is 5.02 Å². The standard InChI is InChI=1S/C12H13ClFN3/c1-15-11(12-16-4-5-17-12)6-8-2-3-9(14)7-10(8)13/h2-5,7,11,15H,6H2,1H3,(H,16,17). The van der Waals surface area contributed by atoms with Crippen LogP contribution in [-0.4, -0.2) is 17.0 Å². The number of likely N-dealkylation sites (N-methyl/N-ethyl adjacent to an activating group) is 1. The van der Waals surface area contributed by atoms with Crippen LogP contribution >= 0.6 is 11.6 Å². The van der Waals surface area contributed by atoms with Crippen molar-refractivity contribution in [2.24, 2.45) is 0 Å². The molecule has 0 saturated heterocycles. The first-order valence-corrected chi connectivity index (χ1v) is 5.69. The van der Waals surface area contributed by atoms with Gasteiger partial charge in [-0.15, -0.1) is 0 Å². The third-order valence-electron chi connectivity index (χ3n) is 2.64. The molecule has 1 atom stereocenters. The van der Waals surface area contributed by atoms with Gasteiger partial charge in [0.1, 0.15) is 11.6 Å². The van der Waals surface area contributed by atoms with Crippen LogP contribution < -0.4 is 5.32 Å². The van der Waals surface area contributed by atoms with Gasteiger partial charge in [-0.2, -0.15) is 0 Å². The number of hydrogen-bond acceptors (Lipinski definition) is 2. The molecule has 2 N–H and O–H groups in total. The Morgan fingerprint density at radius 2 is 2.35 bits per heavy atom. The molecule has 1 aromatic carbocycles. The number of hydrogen-bond donors (Lipinski definition) is 2. The van der Waals surface area contributed by atoms with Crippen LogP contribution in [0.3, 0.4) is 0 Å². The Kier molecular flexibility index (Phi) is 3.76. The second-order valence-corrected chi connectivity index (χ2v) is 4.16. The molecular formula is C12H13ClFN3. The maximum Gasteiger partial charge on any atom is 0.124 e. The quantitative estimate of drug-likeness (QED) is 0.880. The molecule has 0 spiro atoms. The summed E-state index contributed by atoms with van der Waals surface area (Å²) in [5, 5.41) is 3.59. The predicted molar refractivity (Wildman–Crippen MR) is 65.5 cm³/mol. The SMILES string of the molecule is CNC(Cc1ccc(F)cc1Cl)c1ncc[nH]1. The van der Waals surface area contributed by atoms with Crippen LogP contribution in [0, 0.1) is 5.82 Å². The second-order valence-electron chi connectivity index (χ2n) is 3.76. The average molecular weight is 254 g/mol. The minimum atomic E-state index is -0.322. The molecule has 0 fully saturated rings. The topological polar surface area (TPSA) is 40.7 Å². The van der Waals surface area contributed by atoms with Crippen molar-refractivity contribution < 1.29 is 4.39 Å². The van der Waals surface area contributed by atoms with E-state index in [1.165, 1.54) is 12.1 Å². The molecule has 90 valence electrons. The zero-order valence-corrected chi connectivity index (χ0v) is 10.1. The molecule has 0 aliphatic rings. The molecule has 0 aliphatic carbocycles. The summed E-state index contributed by atoms with van der Waals surface area (Å²) in [6.07, 6.45) is 4.13. The highest BCUT2D eigenvalue weighted by Crippen LogP contribution is 2.22. The molecule has 1 unspecified atom stereocenters. The third-order valence-corrected chi connectivity index (χ3v) is 2.99. The van der Waals surface area contributed by atoms with Crippen LogP contribution in [0.1, 0.15) is 17.4 Å². The molecule has 3 nitrogen and oxygen atoms in total. The summed E-state index contributed by atoms with van der Waals surface area (Å²) >= 11 is 5.99. The van der Waals surface area contributed by atoms with Crippen LogP contribution in [0.4, 0.5) is 4.39 Å². The summed E-state index contributed by atoms with van der Waals surface area (Å²) in [6.45, 7) is 0. The molecule has 1 aromatic heterocycles. The number of halogens is 2. The van der Waals surface area contributed by atoms with E-state index in [1.54, 1.807) is 18.5 Å². The predicted octanol–water partition coefficient (Wildman–Crippen LogP) is 2.71. The van der Waals surface area contributed by atoms with Gasteiger partial charge >= 0.3 is 0 Å². The van der Waals surface area contributed by atoms with Gasteiger partial charge in [0.25, 0.3) is 0 Å². The fourth-order valence-electron chi connectivity index (χ4n) is 1.71. The highest BCUT2D eigenvalue weighted by molar-refractivity contribution is 6.31. The molecule has 0 amide bonds. The van der Waals surface area contributed by atoms with Gasteiger partial charge in [-0.1, -0.05) is 17.7 Å². The molecule has 0 aliphatic heterocycles. The zero-order valence-electron chi connectivity index (χ0n) is 9.37. The van der Waals surface area contributed by atoms with Crippen molar-refractivity contribution in [3.8, 4) is 0 Å². The molecule has 2 rings (SSSR count). The van der Waals surface area contributed by atoms with Gasteiger partial charge in [0.15, 0.2) is 0 Å². The van der Waals surface area contributed by atoms with Crippen molar-refractivity contribution >= 4 is 11.6 Å². The van der Waals surface area contributed by atoms with Gasteiger partial charge < -0.3 is 10.3 Å². The summed E-state index contributed by atoms with van der Waals surface area (Å²) in [5.74, 6) is 0.519. The maximum absolute atomic E-state index is 12.9. The first kappa shape index (κ1) is 12.1. The van der Waals surface area contributed by atoms with E-state index in [0.29, 0.717) is 11.4 Å². The molecule has 0 bridgehead atoms. The van der Waals surface area contributed by atoms with E-state index in [-0.39, 0.29) is 11.9 Å². The zero-order chi connectivity index (χ0) is 12.3. The van der Waals surface area contributed by atoms with E-state index >= 15 is 0 Å². The maximum atomic E-state index is 12.9. The Bertz CT molecular complexity index is 485. The first-order chi connectivity index (χ1) is 8.20. The van der Waals surface area contributed by atoms with Gasteiger partial charge in [-0.3, -0.25) is 0 Å². The van der Waals surface area contributed by atoms with Crippen molar-refractivity contribution in [1.82, 2.24) is 15.3 Å². The first-order valence-electron chi connectivity index (χ1n) is 5.31. The van der Waals surface area contributed by atoms with Crippen LogP contribution in [-0.2, 0) is 6.42 Å². The normalized spacial score (nSPS) is 12.6. The Morgan fingerprint density at radius 1 is 1.53 bits per heavy atom. The van der Waals surface area contributed by atoms with Crippen molar-refractivity contribution in [2.75, 3.05) is 7.05 Å². The fraction of sp³-hybridized carbons (Fsp3) is 0.250. The van der Waals surface area contributed by atoms with Gasteiger partial charge in [-0.05, 0) is 31.2 Å². The molecule has 0 radical (unpaired) electrons. The van der Waals surface area contributed by atoms with Gasteiger partial charge in [-0.25, -0.2) is 9.37 Å². The van der Waals surface area contributed by atoms with Crippen molar-refractivity contribution in [3.63, 3.8) is 0 Å². The largest absolute Gasteiger partial charge is 0.347 e. The van der Waals surface area contributed by atoms with Gasteiger partial charge in [0.2, 0.25) is 0 Å². The van der Waals surface area contributed by atoms with Crippen LogP contribution in [0.5, 0.6) is 0 Å². The summed E-state index contributed by atoms with van der Waals surface area (Å²) in [6, 6.07) is 4.47. The van der Waals surface area contributed by atoms with E-state index in [4.69, 9.17) is 11.6 Å². The third kappa shape index (κ3) is 2.84. The lowest BCUT2D eigenvalue weighted by atomic mass is 10.1. The average Bonchev–Trinajstić information content (AvgIpc) is 2.81. The number of nitrogens with one attached hydrogen (secondary N) is 2. The lowest BCUT2D eigenvalue weighted by molar-refractivity contribution is 0.562. The number of H-pyrrole nitrogens is 1. The summed E-state index contributed by atoms with van der Waals surface area (Å²) in [7, 11) is 1.85. The van der Waals surface area contributed by atoms with E-state index in [2.05, 4.69) is 15.3 Å². The summed E-state index contributed by atoms with van der Waals surface area (Å²) in [5.41, 5.74) is 0.892. The smallest absolute Gasteiger partial charge is 0.124 e. The van der Waals surface area contributed by atoms with E-state index in [9.17, 15) is 4.39 Å². The number of rotatable bonds is 4. The van der Waals surface area contributed by atoms with Crippen molar-refractivity contribution in [1.29, 1.82) is 0 Å². The second kappa shape index (κ2) is 5.29. The summed E-state index contributed by atoms with van der Waals surface area (Å²) < 4.78 is 12.9. The Hall–Kier alpha value is -1.39. The molecular weight excluding hydrogens is 241 g/mol. The van der Waals surface area contributed by atoms with E-state index in [0.717, 1.165) is 11.4 Å². The Labute approximate surface area is 104 Å². The fourth-order valence-corrected chi connectivity index (χ4v) is 1.96. The molecule has 2 aromatic rings. The molecule has 1 heterocycles. The molecule has 0 saturated carbocycles. The lowest BCUT2D eigenvalue weighted by Crippen LogP contribution is -2.20. The van der Waals surface area contributed by atoms with Crippen molar-refractivity contribution in [3.05, 3.63) is 52.8 Å². The number of aromatic nitrogens is 2. The molecule has 17 heavy (non-hydrogen) atoms. The Morgan fingerprint density at radius 3 is 2.94 bits per heavy atom. The number of nitrogens with zero attached hydrogens (tertiary/aromatic N) is 1. The monoisotopic (exact) mass is 253 g/mol. The highest BCUT2D eigenvalue weighted by Gasteiger charge is 2.14. The van der Waals surface area contributed by atoms with Gasteiger partial charge in [0, 0.05) is 17.4 Å². The lowest BCUT2D eigenvalue weighted by Gasteiger charge is -2.14. The highest BCUT2D eigenvalue weighted by atomic mass is 35.5. The Balaban J connectivity index is 2.19. The van der Waals surface area contributed by atoms with Gasteiger partial charge in [0.05, 0.1) is 6.04 Å². The minimum absolute atomic E-state index is 0.0351. The van der Waals surface area contributed by atoms with Crippen LogP contribution in [0.25, 0.3) is 0 Å². The molecule has 5 heteroatoms. The van der Waals surface area contributed by atoms with Crippen LogP contribution in [0.15, 0.2) is 30.6 Å². The number of aromatic amines is 1. The summed E-state index contributed by atoms with van der Waals surface area (Å²) in [4.78, 5) is 7.24. The minimum Gasteiger partial charge on any atom is -0.347 e.